The maximum Gasteiger partial charge on any atom is 0.00704 e. The third-order valence-corrected chi connectivity index (χ3v) is 0.337. The summed E-state index contributed by atoms with van der Waals surface area (Å²) >= 11 is 0. The van der Waals surface area contributed by atoms with Gasteiger partial charge in [0.1, 0.15) is 0 Å². The summed E-state index contributed by atoms with van der Waals surface area (Å²) < 4.78 is 0. The lowest BCUT2D eigenvalue weighted by Crippen LogP contribution is -1.48. The zero-order valence-corrected chi connectivity index (χ0v) is 3.78. The lowest BCUT2D eigenvalue weighted by Gasteiger charge is -1.58. The van der Waals surface area contributed by atoms with Crippen molar-refractivity contribution in [2.24, 2.45) is 0 Å². The smallest absolute Gasteiger partial charge is 0.00704 e. The molecule has 0 aromatic rings. The first-order chi connectivity index (χ1) is 2.91. The van der Waals surface area contributed by atoms with Crippen LogP contribution in [0.2, 0.25) is 0 Å². The Kier molecular flexibility index (Phi) is 3.52. The van der Waals surface area contributed by atoms with Gasteiger partial charge in [-0.2, -0.15) is 0 Å². The van der Waals surface area contributed by atoms with Crippen molar-refractivity contribution in [3.05, 3.63) is 0 Å². The van der Waals surface area contributed by atoms with Crippen LogP contribution in [0.25, 0.3) is 0 Å². The molecule has 6 heavy (non-hydrogen) atoms. The highest BCUT2D eigenvalue weighted by Gasteiger charge is 1.51. The predicted molar refractivity (Wildman–Crippen MR) is 26.9 cm³/mol. The van der Waals surface area contributed by atoms with Crippen LogP contribution in [0.4, 0.5) is 0 Å². The Morgan fingerprint density at radius 2 is 2.33 bits per heavy atom. The van der Waals surface area contributed by atoms with Crippen molar-refractivity contribution in [1.29, 1.82) is 0 Å². The fraction of sp³-hybridized carbons (Fsp3) is 0.333. The molecule has 0 aliphatic rings. The summed E-state index contributed by atoms with van der Waals surface area (Å²) in [7, 11) is 0. The number of hydrogen-bond acceptors (Lipinski definition) is 0. The third kappa shape index (κ3) is 3.12. The average Bonchev–Trinajstić information content (AvgIpc) is 1.61. The van der Waals surface area contributed by atoms with Gasteiger partial charge in [-0.1, -0.05) is 12.8 Å². The molecule has 30 valence electrons. The molecule has 0 heteroatoms. The fourth-order valence-electron chi connectivity index (χ4n) is 0.139. The minimum Gasteiger partial charge on any atom is -0.106 e. The van der Waals surface area contributed by atoms with Gasteiger partial charge in [0.05, 0.1) is 0 Å². The van der Waals surface area contributed by atoms with E-state index < -0.39 is 0 Å². The fourth-order valence-corrected chi connectivity index (χ4v) is 0.139. The van der Waals surface area contributed by atoms with Gasteiger partial charge >= 0.3 is 0 Å². The lowest BCUT2D eigenvalue weighted by atomic mass is 10.5. The number of terminal acetylenes is 1. The van der Waals surface area contributed by atoms with Gasteiger partial charge in [-0.3, -0.25) is 0 Å². The van der Waals surface area contributed by atoms with Crippen molar-refractivity contribution in [1.82, 2.24) is 0 Å². The summed E-state index contributed by atoms with van der Waals surface area (Å²) in [6.07, 6.45) is 5.64. The van der Waals surface area contributed by atoms with Crippen molar-refractivity contribution in [2.45, 2.75) is 13.3 Å². The van der Waals surface area contributed by atoms with Gasteiger partial charge in [0, 0.05) is 6.42 Å². The molecule has 0 unspecified atom stereocenters. The highest BCUT2D eigenvalue weighted by atomic mass is 13.6. The van der Waals surface area contributed by atoms with E-state index in [0.717, 1.165) is 6.42 Å². The molecule has 0 N–H and O–H groups in total. The average molecular weight is 78.1 g/mol. The monoisotopic (exact) mass is 78.0 g/mol. The second kappa shape index (κ2) is 4.12. The molecule has 0 saturated heterocycles. The minimum absolute atomic E-state index is 0.851. The van der Waals surface area contributed by atoms with Crippen LogP contribution in [0.15, 0.2) is 0 Å². The molecule has 0 heterocycles. The molecule has 0 aliphatic carbocycles. The Labute approximate surface area is 38.6 Å². The van der Waals surface area contributed by atoms with Crippen LogP contribution in [0.1, 0.15) is 13.3 Å². The van der Waals surface area contributed by atoms with Crippen LogP contribution in [0.5, 0.6) is 0 Å². The summed E-state index contributed by atoms with van der Waals surface area (Å²) in [5, 5.41) is 0. The number of rotatable bonds is 0. The Balaban J connectivity index is 3.22. The first kappa shape index (κ1) is 5.12. The summed E-state index contributed by atoms with van der Waals surface area (Å²) in [6, 6.07) is 0. The topological polar surface area (TPSA) is 0 Å². The quantitative estimate of drug-likeness (QED) is 0.380. The van der Waals surface area contributed by atoms with Gasteiger partial charge in [0.25, 0.3) is 0 Å². The summed E-state index contributed by atoms with van der Waals surface area (Å²) in [5.41, 5.74) is 0. The molecule has 0 spiro atoms. The standard InChI is InChI=1S/C6H6/c1-3-5-6-4-2/h1H,4H2,2H3. The van der Waals surface area contributed by atoms with Crippen molar-refractivity contribution in [2.75, 3.05) is 0 Å². The van der Waals surface area contributed by atoms with Crippen LogP contribution in [-0.2, 0) is 0 Å². The Morgan fingerprint density at radius 1 is 1.67 bits per heavy atom. The lowest BCUT2D eigenvalue weighted by molar-refractivity contribution is 1.28. The summed E-state index contributed by atoms with van der Waals surface area (Å²) in [6.45, 7) is 1.96. The van der Waals surface area contributed by atoms with E-state index in [1.54, 1.807) is 0 Å². The molecular formula is C6H6. The van der Waals surface area contributed by atoms with E-state index in [0.29, 0.717) is 0 Å². The van der Waals surface area contributed by atoms with Crippen molar-refractivity contribution >= 4 is 0 Å². The van der Waals surface area contributed by atoms with Crippen LogP contribution < -0.4 is 0 Å². The molecule has 0 aromatic carbocycles. The van der Waals surface area contributed by atoms with Gasteiger partial charge in [-0.15, -0.1) is 6.42 Å². The van der Waals surface area contributed by atoms with E-state index >= 15 is 0 Å². The molecule has 0 aliphatic heterocycles. The van der Waals surface area contributed by atoms with Crippen LogP contribution in [0, 0.1) is 24.2 Å². The molecule has 0 aromatic heterocycles. The molecular weight excluding hydrogens is 72.1 g/mol. The second-order valence-electron chi connectivity index (χ2n) is 0.800. The molecule has 0 radical (unpaired) electrons. The van der Waals surface area contributed by atoms with Gasteiger partial charge in [-0.25, -0.2) is 0 Å². The van der Waals surface area contributed by atoms with E-state index in [1.165, 1.54) is 0 Å². The highest BCUT2D eigenvalue weighted by Crippen LogP contribution is 1.62. The van der Waals surface area contributed by atoms with Gasteiger partial charge in [-0.05, 0) is 11.8 Å². The molecule has 0 amide bonds. The summed E-state index contributed by atoms with van der Waals surface area (Å²) in [4.78, 5) is 0. The maximum absolute atomic E-state index is 4.79. The Hall–Kier alpha value is -0.880. The van der Waals surface area contributed by atoms with Crippen LogP contribution in [-0.4, -0.2) is 0 Å². The van der Waals surface area contributed by atoms with E-state index in [4.69, 9.17) is 6.42 Å². The van der Waals surface area contributed by atoms with E-state index in [-0.39, 0.29) is 0 Å². The molecule has 0 saturated carbocycles. The SMILES string of the molecule is C#CC#CCC. The first-order valence-corrected chi connectivity index (χ1v) is 1.85. The molecule has 0 nitrogen and oxygen atoms in total. The molecule has 0 fully saturated rings. The van der Waals surface area contributed by atoms with Gasteiger partial charge < -0.3 is 0 Å². The summed E-state index contributed by atoms with van der Waals surface area (Å²) in [5.74, 6) is 7.40. The van der Waals surface area contributed by atoms with Gasteiger partial charge in [0.15, 0.2) is 0 Å². The predicted octanol–water partition coefficient (Wildman–Crippen LogP) is 1.03. The minimum atomic E-state index is 0.851. The van der Waals surface area contributed by atoms with Crippen molar-refractivity contribution < 1.29 is 0 Å². The van der Waals surface area contributed by atoms with Crippen LogP contribution >= 0.6 is 0 Å². The third-order valence-electron chi connectivity index (χ3n) is 0.337. The number of hydrogen-bond donors (Lipinski definition) is 0. The van der Waals surface area contributed by atoms with Crippen molar-refractivity contribution in [3.63, 3.8) is 0 Å². The molecule has 0 rings (SSSR count). The Bertz CT molecular complexity index is 104. The zero-order chi connectivity index (χ0) is 4.83. The van der Waals surface area contributed by atoms with Crippen LogP contribution in [0.3, 0.4) is 0 Å². The highest BCUT2D eigenvalue weighted by molar-refractivity contribution is 5.21. The van der Waals surface area contributed by atoms with E-state index in [1.807, 2.05) is 6.92 Å². The van der Waals surface area contributed by atoms with E-state index in [2.05, 4.69) is 17.8 Å². The molecule has 0 atom stereocenters. The van der Waals surface area contributed by atoms with Crippen molar-refractivity contribution in [3.8, 4) is 24.2 Å². The molecule has 0 bridgehead atoms. The maximum atomic E-state index is 4.79. The second-order valence-corrected chi connectivity index (χ2v) is 0.800. The normalized spacial score (nSPS) is 4.67. The zero-order valence-electron chi connectivity index (χ0n) is 3.78. The largest absolute Gasteiger partial charge is 0.106 e. The first-order valence-electron chi connectivity index (χ1n) is 1.85. The van der Waals surface area contributed by atoms with Gasteiger partial charge in [0.2, 0.25) is 0 Å². The van der Waals surface area contributed by atoms with E-state index in [9.17, 15) is 0 Å². The Morgan fingerprint density at radius 3 is 2.50 bits per heavy atom.